The molecule has 1 rings (SSSR count). The molecule has 1 amide bonds. The Kier molecular flexibility index (Phi) is 5.31. The third-order valence-electron chi connectivity index (χ3n) is 1.64. The van der Waals surface area contributed by atoms with Crippen LogP contribution in [0.3, 0.4) is 0 Å². The van der Waals surface area contributed by atoms with Gasteiger partial charge in [-0.2, -0.15) is 0 Å². The molecule has 1 aromatic rings. The predicted octanol–water partition coefficient (Wildman–Crippen LogP) is 1.64. The zero-order chi connectivity index (χ0) is 11.1. The van der Waals surface area contributed by atoms with Crippen LogP contribution < -0.4 is 5.48 Å². The Balaban J connectivity index is 2.34. The summed E-state index contributed by atoms with van der Waals surface area (Å²) < 4.78 is 5.60. The van der Waals surface area contributed by atoms with Crippen molar-refractivity contribution in [1.82, 2.24) is 5.48 Å². The van der Waals surface area contributed by atoms with Crippen molar-refractivity contribution in [1.29, 1.82) is 0 Å². The Morgan fingerprint density at radius 1 is 1.40 bits per heavy atom. The van der Waals surface area contributed by atoms with E-state index in [1.54, 1.807) is 0 Å². The molecule has 0 heterocycles. The topological polar surface area (TPSA) is 47.6 Å². The molecule has 82 valence electrons. The zero-order valence-corrected chi connectivity index (χ0v) is 9.91. The lowest BCUT2D eigenvalue weighted by atomic mass is 10.1. The third kappa shape index (κ3) is 4.92. The van der Waals surface area contributed by atoms with E-state index in [9.17, 15) is 4.79 Å². The lowest BCUT2D eigenvalue weighted by molar-refractivity contribution is -0.143. The minimum atomic E-state index is -0.200. The smallest absolute Gasteiger partial charge is 0.248 e. The van der Waals surface area contributed by atoms with Gasteiger partial charge in [-0.3, -0.25) is 4.79 Å². The number of halogens is 1. The Labute approximate surface area is 96.7 Å². The molecule has 0 aliphatic carbocycles. The highest BCUT2D eigenvalue weighted by atomic mass is 79.9. The van der Waals surface area contributed by atoms with Crippen molar-refractivity contribution in [2.45, 2.75) is 6.42 Å². The molecule has 0 radical (unpaired) electrons. The molecule has 15 heavy (non-hydrogen) atoms. The second-order valence-corrected chi connectivity index (χ2v) is 3.80. The van der Waals surface area contributed by atoms with Crippen LogP contribution in [0.5, 0.6) is 0 Å². The standard InChI is InChI=1S/C10H12BrNO3/c1-14-7-15-12-10(13)6-8-2-4-9(11)5-3-8/h2-5H,6-7H2,1H3,(H,12,13). The van der Waals surface area contributed by atoms with Gasteiger partial charge >= 0.3 is 0 Å². The van der Waals surface area contributed by atoms with E-state index in [0.29, 0.717) is 0 Å². The van der Waals surface area contributed by atoms with Crippen molar-refractivity contribution in [3.05, 3.63) is 34.3 Å². The number of rotatable bonds is 5. The molecular weight excluding hydrogens is 262 g/mol. The molecule has 4 nitrogen and oxygen atoms in total. The van der Waals surface area contributed by atoms with Crippen LogP contribution in [0.1, 0.15) is 5.56 Å². The number of carbonyl (C=O) groups is 1. The molecule has 1 N–H and O–H groups in total. The summed E-state index contributed by atoms with van der Waals surface area (Å²) in [5, 5.41) is 0. The molecule has 0 bridgehead atoms. The molecule has 1 aromatic carbocycles. The van der Waals surface area contributed by atoms with E-state index in [1.807, 2.05) is 24.3 Å². The molecule has 0 atom stereocenters. The van der Waals surface area contributed by atoms with Crippen molar-refractivity contribution in [3.63, 3.8) is 0 Å². The fourth-order valence-corrected chi connectivity index (χ4v) is 1.26. The van der Waals surface area contributed by atoms with Gasteiger partial charge in [-0.15, -0.1) is 0 Å². The second kappa shape index (κ2) is 6.55. The lowest BCUT2D eigenvalue weighted by Crippen LogP contribution is -2.26. The highest BCUT2D eigenvalue weighted by Crippen LogP contribution is 2.10. The summed E-state index contributed by atoms with van der Waals surface area (Å²) in [5.41, 5.74) is 3.20. The van der Waals surface area contributed by atoms with Crippen molar-refractivity contribution in [2.75, 3.05) is 13.9 Å². The molecule has 0 fully saturated rings. The van der Waals surface area contributed by atoms with Gasteiger partial charge < -0.3 is 4.74 Å². The number of methoxy groups -OCH3 is 1. The second-order valence-electron chi connectivity index (χ2n) is 2.88. The van der Waals surface area contributed by atoms with E-state index >= 15 is 0 Å². The largest absolute Gasteiger partial charge is 0.356 e. The number of hydrogen-bond donors (Lipinski definition) is 1. The van der Waals surface area contributed by atoms with Crippen LogP contribution in [-0.4, -0.2) is 19.8 Å². The van der Waals surface area contributed by atoms with E-state index in [2.05, 4.69) is 26.1 Å². The molecule has 0 saturated carbocycles. The van der Waals surface area contributed by atoms with E-state index in [0.717, 1.165) is 10.0 Å². The first kappa shape index (κ1) is 12.2. The van der Waals surface area contributed by atoms with Crippen LogP contribution in [-0.2, 0) is 20.8 Å². The van der Waals surface area contributed by atoms with E-state index in [1.165, 1.54) is 7.11 Å². The van der Waals surface area contributed by atoms with E-state index < -0.39 is 0 Å². The maximum atomic E-state index is 11.3. The Morgan fingerprint density at radius 3 is 2.67 bits per heavy atom. The number of nitrogens with one attached hydrogen (secondary N) is 1. The Bertz CT molecular complexity index is 313. The van der Waals surface area contributed by atoms with E-state index in [-0.39, 0.29) is 19.1 Å². The van der Waals surface area contributed by atoms with Gasteiger partial charge in [0.1, 0.15) is 0 Å². The summed E-state index contributed by atoms with van der Waals surface area (Å²) in [6.45, 7) is 0.0477. The van der Waals surface area contributed by atoms with Gasteiger partial charge in [-0.05, 0) is 17.7 Å². The number of carbonyl (C=O) groups excluding carboxylic acids is 1. The third-order valence-corrected chi connectivity index (χ3v) is 2.17. The maximum absolute atomic E-state index is 11.3. The van der Waals surface area contributed by atoms with Gasteiger partial charge in [-0.1, -0.05) is 28.1 Å². The van der Waals surface area contributed by atoms with Crippen LogP contribution in [0, 0.1) is 0 Å². The average molecular weight is 274 g/mol. The molecule has 0 aliphatic heterocycles. The Hall–Kier alpha value is -0.910. The zero-order valence-electron chi connectivity index (χ0n) is 8.33. The summed E-state index contributed by atoms with van der Waals surface area (Å²) in [5.74, 6) is -0.200. The van der Waals surface area contributed by atoms with Gasteiger partial charge in [0.25, 0.3) is 0 Å². The summed E-state index contributed by atoms with van der Waals surface area (Å²) >= 11 is 3.32. The number of hydrogen-bond acceptors (Lipinski definition) is 3. The highest BCUT2D eigenvalue weighted by Gasteiger charge is 2.02. The van der Waals surface area contributed by atoms with Crippen molar-refractivity contribution < 1.29 is 14.4 Å². The fraction of sp³-hybridized carbons (Fsp3) is 0.300. The first-order valence-electron chi connectivity index (χ1n) is 4.36. The highest BCUT2D eigenvalue weighted by molar-refractivity contribution is 9.10. The summed E-state index contributed by atoms with van der Waals surface area (Å²) in [4.78, 5) is 16.0. The molecule has 0 aromatic heterocycles. The predicted molar refractivity (Wildman–Crippen MR) is 58.9 cm³/mol. The number of hydroxylamine groups is 1. The monoisotopic (exact) mass is 273 g/mol. The molecule has 0 spiro atoms. The van der Waals surface area contributed by atoms with Gasteiger partial charge in [0.15, 0.2) is 6.79 Å². The fourth-order valence-electron chi connectivity index (χ4n) is 0.993. The minimum Gasteiger partial charge on any atom is -0.356 e. The summed E-state index contributed by atoms with van der Waals surface area (Å²) in [6.07, 6.45) is 0.289. The quantitative estimate of drug-likeness (QED) is 0.504. The lowest BCUT2D eigenvalue weighted by Gasteiger charge is -2.04. The first-order valence-corrected chi connectivity index (χ1v) is 5.15. The van der Waals surface area contributed by atoms with Crippen molar-refractivity contribution in [3.8, 4) is 0 Å². The SMILES string of the molecule is COCONC(=O)Cc1ccc(Br)cc1. The normalized spacial score (nSPS) is 10.0. The summed E-state index contributed by atoms with van der Waals surface area (Å²) in [6, 6.07) is 7.53. The average Bonchev–Trinajstić information content (AvgIpc) is 2.22. The summed E-state index contributed by atoms with van der Waals surface area (Å²) in [7, 11) is 1.49. The van der Waals surface area contributed by atoms with Crippen LogP contribution in [0.15, 0.2) is 28.7 Å². The number of ether oxygens (including phenoxy) is 1. The van der Waals surface area contributed by atoms with Crippen LogP contribution in [0.25, 0.3) is 0 Å². The molecule has 0 unspecified atom stereocenters. The van der Waals surface area contributed by atoms with Gasteiger partial charge in [0, 0.05) is 11.6 Å². The first-order chi connectivity index (χ1) is 7.22. The number of benzene rings is 1. The van der Waals surface area contributed by atoms with Crippen molar-refractivity contribution >= 4 is 21.8 Å². The Morgan fingerprint density at radius 2 is 2.07 bits per heavy atom. The van der Waals surface area contributed by atoms with Gasteiger partial charge in [-0.25, -0.2) is 10.3 Å². The molecule has 0 aliphatic rings. The van der Waals surface area contributed by atoms with Crippen LogP contribution >= 0.6 is 15.9 Å². The van der Waals surface area contributed by atoms with Crippen LogP contribution in [0.4, 0.5) is 0 Å². The van der Waals surface area contributed by atoms with Gasteiger partial charge in [0.2, 0.25) is 5.91 Å². The molecular formula is C10H12BrNO3. The number of amides is 1. The molecule has 5 heteroatoms. The van der Waals surface area contributed by atoms with Gasteiger partial charge in [0.05, 0.1) is 6.42 Å². The van der Waals surface area contributed by atoms with Crippen LogP contribution in [0.2, 0.25) is 0 Å². The minimum absolute atomic E-state index is 0.0477. The van der Waals surface area contributed by atoms with E-state index in [4.69, 9.17) is 4.84 Å². The maximum Gasteiger partial charge on any atom is 0.248 e. The molecule has 0 saturated heterocycles. The van der Waals surface area contributed by atoms with Crippen molar-refractivity contribution in [2.24, 2.45) is 0 Å².